The predicted molar refractivity (Wildman–Crippen MR) is 72.0 cm³/mol. The van der Waals surface area contributed by atoms with E-state index in [1.807, 2.05) is 30.3 Å². The van der Waals surface area contributed by atoms with Gasteiger partial charge in [-0.25, -0.2) is 26.6 Å². The minimum Gasteiger partial charge on any atom is -0.754 e. The first-order chi connectivity index (χ1) is 8.23. The number of quaternary nitrogens is 2. The molecule has 0 aliphatic carbocycles. The molecule has 2 rings (SSSR count). The Morgan fingerprint density at radius 2 is 1.43 bits per heavy atom. The molecule has 11 heteroatoms. The molecule has 8 nitrogen and oxygen atoms in total. The van der Waals surface area contributed by atoms with Crippen molar-refractivity contribution in [1.29, 1.82) is 0 Å². The molecule has 0 heterocycles. The van der Waals surface area contributed by atoms with Crippen LogP contribution in [0.4, 0.5) is 0 Å². The predicted octanol–water partition coefficient (Wildman–Crippen LogP) is 1.37. The van der Waals surface area contributed by atoms with Gasteiger partial charge in [0.2, 0.25) is 0 Å². The molecule has 0 amide bonds. The Morgan fingerprint density at radius 3 is 1.67 bits per heavy atom. The van der Waals surface area contributed by atoms with Gasteiger partial charge in [0.25, 0.3) is 0 Å². The van der Waals surface area contributed by atoms with E-state index in [1.165, 1.54) is 0 Å². The van der Waals surface area contributed by atoms with Gasteiger partial charge in [0, 0.05) is 0 Å². The van der Waals surface area contributed by atoms with Crippen molar-refractivity contribution in [1.82, 2.24) is 12.3 Å². The Morgan fingerprint density at radius 1 is 0.952 bits per heavy atom. The van der Waals surface area contributed by atoms with Crippen LogP contribution in [0.2, 0.25) is 0 Å². The van der Waals surface area contributed by atoms with Crippen molar-refractivity contribution in [3.63, 3.8) is 0 Å². The molecule has 0 saturated heterocycles. The van der Waals surface area contributed by atoms with Gasteiger partial charge in [0.1, 0.15) is 10.1 Å². The van der Waals surface area contributed by atoms with Crippen LogP contribution in [0.1, 0.15) is 0 Å². The third-order valence-corrected chi connectivity index (χ3v) is 3.75. The van der Waals surface area contributed by atoms with Crippen LogP contribution in [0.15, 0.2) is 58.3 Å². The summed E-state index contributed by atoms with van der Waals surface area (Å²) in [7, 11) is -9.80. The molecule has 0 aliphatic heterocycles. The second-order valence-electron chi connectivity index (χ2n) is 3.12. The molecule has 0 aromatic heterocycles. The van der Waals surface area contributed by atoms with Crippen LogP contribution in [-0.2, 0) is 37.3 Å². The quantitative estimate of drug-likeness (QED) is 0.449. The van der Waals surface area contributed by atoms with Crippen molar-refractivity contribution >= 4 is 20.2 Å². The molecule has 2 aromatic carbocycles. The molecule has 0 aliphatic rings. The van der Waals surface area contributed by atoms with Crippen molar-refractivity contribution < 1.29 is 43.0 Å². The molecule has 2 aromatic rings. The van der Waals surface area contributed by atoms with E-state index in [0.29, 0.717) is 0 Å². The SMILES string of the molecule is O=S(=O)([O-])c1ccc[c-]1S(=O)(=O)[O-].[Fe+2].[NH4+].[NH4+].c1cc[cH-]c1. The zero-order valence-electron chi connectivity index (χ0n) is 11.2. The molecule has 122 valence electrons. The zero-order valence-corrected chi connectivity index (χ0v) is 14.0. The number of hydrogen-bond donors (Lipinski definition) is 2. The van der Waals surface area contributed by atoms with E-state index in [-0.39, 0.29) is 29.4 Å². The Bertz CT molecular complexity index is 628. The fraction of sp³-hybridized carbons (Fsp3) is 0. The summed E-state index contributed by atoms with van der Waals surface area (Å²) in [6, 6.07) is 12.6. The molecule has 0 atom stereocenters. The summed E-state index contributed by atoms with van der Waals surface area (Å²) in [4.78, 5) is -2.00. The van der Waals surface area contributed by atoms with E-state index in [0.717, 1.165) is 18.2 Å². The van der Waals surface area contributed by atoms with Crippen molar-refractivity contribution in [3.8, 4) is 0 Å². The van der Waals surface area contributed by atoms with Crippen LogP contribution in [0.5, 0.6) is 0 Å². The third-order valence-electron chi connectivity index (χ3n) is 1.83. The van der Waals surface area contributed by atoms with Crippen molar-refractivity contribution in [2.45, 2.75) is 9.79 Å². The van der Waals surface area contributed by atoms with Crippen LogP contribution < -0.4 is 12.3 Å². The number of hydrogen-bond acceptors (Lipinski definition) is 6. The van der Waals surface area contributed by atoms with Gasteiger partial charge in [-0.3, -0.25) is 8.42 Å². The monoisotopic (exact) mass is 380 g/mol. The van der Waals surface area contributed by atoms with Gasteiger partial charge in [0.05, 0.1) is 10.1 Å². The average Bonchev–Trinajstić information content (AvgIpc) is 2.91. The van der Waals surface area contributed by atoms with E-state index < -0.39 is 30.0 Å². The van der Waals surface area contributed by atoms with E-state index in [9.17, 15) is 25.9 Å². The van der Waals surface area contributed by atoms with Gasteiger partial charge in [-0.05, 0) is 9.79 Å². The molecule has 0 bridgehead atoms. The van der Waals surface area contributed by atoms with Gasteiger partial charge in [-0.1, -0.05) is 0 Å². The zero-order chi connectivity index (χ0) is 13.8. The Balaban J connectivity index is -0.000000349. The van der Waals surface area contributed by atoms with Crippen molar-refractivity contribution in [2.24, 2.45) is 0 Å². The van der Waals surface area contributed by atoms with Crippen LogP contribution in [0.3, 0.4) is 0 Å². The van der Waals surface area contributed by atoms with Crippen LogP contribution >= 0.6 is 0 Å². The topological polar surface area (TPSA) is 187 Å². The van der Waals surface area contributed by atoms with Crippen LogP contribution in [-0.4, -0.2) is 25.9 Å². The maximum atomic E-state index is 10.4. The fourth-order valence-electron chi connectivity index (χ4n) is 1.12. The largest absolute Gasteiger partial charge is 2.00 e. The normalized spacial score (nSPS) is 10.0. The maximum absolute atomic E-state index is 10.4. The summed E-state index contributed by atoms with van der Waals surface area (Å²) in [5, 5.41) is 0. The fourth-order valence-corrected chi connectivity index (χ4v) is 2.85. The summed E-state index contributed by atoms with van der Waals surface area (Å²) in [5.41, 5.74) is 0. The maximum Gasteiger partial charge on any atom is 2.00 e. The Kier molecular flexibility index (Phi) is 11.7. The van der Waals surface area contributed by atoms with Gasteiger partial charge in [-0.2, -0.15) is 30.3 Å². The second-order valence-corrected chi connectivity index (χ2v) is 5.82. The molecule has 0 saturated carbocycles. The summed E-state index contributed by atoms with van der Waals surface area (Å²) in [5.74, 6) is 0. The molecular formula is C10H16FeN2O6S2. The van der Waals surface area contributed by atoms with E-state index >= 15 is 0 Å². The summed E-state index contributed by atoms with van der Waals surface area (Å²) >= 11 is 0. The number of rotatable bonds is 2. The molecule has 0 unspecified atom stereocenters. The van der Waals surface area contributed by atoms with Crippen molar-refractivity contribution in [3.05, 3.63) is 48.5 Å². The minimum atomic E-state index is -4.90. The first-order valence-electron chi connectivity index (χ1n) is 4.57. The average molecular weight is 380 g/mol. The minimum absolute atomic E-state index is 0. The molecule has 8 N–H and O–H groups in total. The van der Waals surface area contributed by atoms with Gasteiger partial charge in [0.15, 0.2) is 0 Å². The van der Waals surface area contributed by atoms with Crippen LogP contribution in [0.25, 0.3) is 0 Å². The van der Waals surface area contributed by atoms with Crippen LogP contribution in [0, 0.1) is 0 Å². The summed E-state index contributed by atoms with van der Waals surface area (Å²) in [6.45, 7) is 0. The smallest absolute Gasteiger partial charge is 0.754 e. The third kappa shape index (κ3) is 8.09. The molecule has 0 radical (unpaired) electrons. The summed E-state index contributed by atoms with van der Waals surface area (Å²) < 4.78 is 62.4. The first kappa shape index (κ1) is 24.9. The van der Waals surface area contributed by atoms with E-state index in [4.69, 9.17) is 0 Å². The second kappa shape index (κ2) is 9.82. The van der Waals surface area contributed by atoms with Gasteiger partial charge < -0.3 is 21.4 Å². The van der Waals surface area contributed by atoms with Gasteiger partial charge in [-0.15, -0.1) is 0 Å². The summed E-state index contributed by atoms with van der Waals surface area (Å²) in [6.07, 6.45) is 0. The molecular weight excluding hydrogens is 364 g/mol. The molecule has 21 heavy (non-hydrogen) atoms. The molecule has 0 fully saturated rings. The van der Waals surface area contributed by atoms with Crippen molar-refractivity contribution in [2.75, 3.05) is 0 Å². The van der Waals surface area contributed by atoms with Gasteiger partial charge >= 0.3 is 17.1 Å². The standard InChI is InChI=1S/C5H5O6S2.C5H5.Fe.2H3N/c6-12(7,8)4-2-1-3-5(4)13(9,10)11;1-2-4-5-3-1;;;/h1-3H,(H,6,7,8)(H,9,10,11);1-5H;;2*1H3/q2*-1;+2;;. The van der Waals surface area contributed by atoms with E-state index in [1.54, 1.807) is 0 Å². The van der Waals surface area contributed by atoms with E-state index in [2.05, 4.69) is 0 Å². The molecule has 0 spiro atoms. The Labute approximate surface area is 134 Å². The Hall–Kier alpha value is -1.04. The first-order valence-corrected chi connectivity index (χ1v) is 7.39.